The van der Waals surface area contributed by atoms with Crippen LogP contribution in [-0.2, 0) is 22.6 Å². The van der Waals surface area contributed by atoms with Crippen molar-refractivity contribution in [2.24, 2.45) is 5.92 Å². The van der Waals surface area contributed by atoms with Crippen LogP contribution in [0, 0.1) is 5.92 Å². The molecule has 0 bridgehead atoms. The van der Waals surface area contributed by atoms with Gasteiger partial charge in [-0.15, -0.1) is 4.72 Å². The van der Waals surface area contributed by atoms with Crippen LogP contribution in [0.3, 0.4) is 0 Å². The number of amides is 1. The van der Waals surface area contributed by atoms with Crippen molar-refractivity contribution in [2.75, 3.05) is 13.2 Å². The van der Waals surface area contributed by atoms with Crippen molar-refractivity contribution < 1.29 is 14.1 Å². The number of ether oxygens (including phenoxy) is 1. The number of hydrogen-bond acceptors (Lipinski definition) is 4. The van der Waals surface area contributed by atoms with Gasteiger partial charge in [-0.3, -0.25) is 4.79 Å². The summed E-state index contributed by atoms with van der Waals surface area (Å²) in [6.07, 6.45) is 7.73. The molecule has 2 fully saturated rings. The highest BCUT2D eigenvalue weighted by atomic mass is 35.5. The number of nitrogens with one attached hydrogen (secondary N) is 2. The molecule has 1 aliphatic carbocycles. The normalized spacial score (nSPS) is 18.4. The maximum Gasteiger partial charge on any atom is 0.254 e. The van der Waals surface area contributed by atoms with Crippen LogP contribution in [0.1, 0.15) is 76.1 Å². The molecular formula is C31H40ClN3O3S. The molecule has 3 aromatic rings. The Morgan fingerprint density at radius 2 is 1.74 bits per heavy atom. The lowest BCUT2D eigenvalue weighted by atomic mass is 9.89. The minimum atomic E-state index is -1.37. The largest absolute Gasteiger partial charge is 0.593 e. The first-order valence-corrected chi connectivity index (χ1v) is 15.7. The van der Waals surface area contributed by atoms with Gasteiger partial charge in [0.15, 0.2) is 4.90 Å². The van der Waals surface area contributed by atoms with Gasteiger partial charge in [-0.25, -0.2) is 0 Å². The summed E-state index contributed by atoms with van der Waals surface area (Å²) in [6.45, 7) is 8.14. The Kier molecular flexibility index (Phi) is 8.94. The van der Waals surface area contributed by atoms with Crippen molar-refractivity contribution in [3.8, 4) is 11.3 Å². The van der Waals surface area contributed by atoms with E-state index in [0.717, 1.165) is 46.3 Å². The van der Waals surface area contributed by atoms with Crippen LogP contribution in [0.4, 0.5) is 0 Å². The van der Waals surface area contributed by atoms with Crippen LogP contribution in [0.5, 0.6) is 0 Å². The van der Waals surface area contributed by atoms with E-state index in [1.54, 1.807) is 0 Å². The fourth-order valence-corrected chi connectivity index (χ4v) is 7.34. The van der Waals surface area contributed by atoms with Crippen LogP contribution >= 0.6 is 11.6 Å². The molecule has 1 aromatic heterocycles. The number of rotatable bonds is 7. The number of nitrogens with zero attached hydrogens (tertiary/aromatic N) is 1. The Hall–Kier alpha value is -2.03. The molecule has 2 aromatic carbocycles. The van der Waals surface area contributed by atoms with E-state index in [-0.39, 0.29) is 17.5 Å². The number of hydrogen-bond donors (Lipinski definition) is 2. The maximum absolute atomic E-state index is 13.5. The first-order valence-electron chi connectivity index (χ1n) is 14.2. The average molecular weight is 570 g/mol. The Balaban J connectivity index is 1.57. The molecule has 0 spiro atoms. The van der Waals surface area contributed by atoms with Gasteiger partial charge in [-0.2, -0.15) is 0 Å². The molecule has 210 valence electrons. The second-order valence-electron chi connectivity index (χ2n) is 12.0. The smallest absolute Gasteiger partial charge is 0.254 e. The zero-order valence-corrected chi connectivity index (χ0v) is 24.8. The highest BCUT2D eigenvalue weighted by Crippen LogP contribution is 2.38. The fourth-order valence-electron chi connectivity index (χ4n) is 5.81. The standard InChI is InChI=1S/C31H40ClN3O3S/c1-31(2,3)34-39(37)28-14-13-24(23-11-7-8-12-25(23)28)27-19-26(30(36)33-22-15-17-38-18-16-22)29(32)35(27)20-21-9-5-4-6-10-21/h7-8,11-14,19,21-22,34H,4-6,9-10,15-18,20H2,1-3H3,(H,33,36). The second kappa shape index (κ2) is 12.2. The molecular weight excluding hydrogens is 530 g/mol. The molecule has 1 aliphatic heterocycles. The molecule has 1 saturated heterocycles. The topological polar surface area (TPSA) is 78.3 Å². The Morgan fingerprint density at radius 3 is 2.44 bits per heavy atom. The second-order valence-corrected chi connectivity index (χ2v) is 13.5. The van der Waals surface area contributed by atoms with E-state index in [1.807, 2.05) is 57.2 Å². The number of benzene rings is 2. The minimum absolute atomic E-state index is 0.0953. The van der Waals surface area contributed by atoms with Crippen LogP contribution in [0.25, 0.3) is 22.0 Å². The number of aromatic nitrogens is 1. The molecule has 5 rings (SSSR count). The monoisotopic (exact) mass is 569 g/mol. The first-order chi connectivity index (χ1) is 18.7. The van der Waals surface area contributed by atoms with Crippen molar-refractivity contribution in [2.45, 2.75) is 88.7 Å². The van der Waals surface area contributed by atoms with Crippen LogP contribution in [0.2, 0.25) is 5.15 Å². The van der Waals surface area contributed by atoms with Gasteiger partial charge in [-0.1, -0.05) is 49.1 Å². The van der Waals surface area contributed by atoms with E-state index < -0.39 is 11.4 Å². The highest BCUT2D eigenvalue weighted by molar-refractivity contribution is 7.89. The zero-order valence-electron chi connectivity index (χ0n) is 23.2. The predicted octanol–water partition coefficient (Wildman–Crippen LogP) is 6.86. The Morgan fingerprint density at radius 1 is 1.05 bits per heavy atom. The number of carbonyl (C=O) groups excluding carboxylic acids is 1. The zero-order chi connectivity index (χ0) is 27.6. The molecule has 39 heavy (non-hydrogen) atoms. The van der Waals surface area contributed by atoms with Gasteiger partial charge in [0.25, 0.3) is 5.91 Å². The molecule has 0 radical (unpaired) electrons. The molecule has 1 atom stereocenters. The summed E-state index contributed by atoms with van der Waals surface area (Å²) in [5.74, 6) is 0.398. The number of carbonyl (C=O) groups is 1. The van der Waals surface area contributed by atoms with E-state index >= 15 is 0 Å². The third-order valence-corrected chi connectivity index (χ3v) is 9.72. The Bertz CT molecular complexity index is 1310. The quantitative estimate of drug-likeness (QED) is 0.305. The van der Waals surface area contributed by atoms with Crippen LogP contribution < -0.4 is 10.0 Å². The van der Waals surface area contributed by atoms with Gasteiger partial charge in [-0.05, 0) is 82.0 Å². The van der Waals surface area contributed by atoms with E-state index in [9.17, 15) is 9.35 Å². The lowest BCUT2D eigenvalue weighted by Crippen LogP contribution is -2.40. The molecule has 8 heteroatoms. The lowest BCUT2D eigenvalue weighted by Gasteiger charge is -2.25. The molecule has 1 saturated carbocycles. The summed E-state index contributed by atoms with van der Waals surface area (Å²) in [5, 5.41) is 5.61. The average Bonchev–Trinajstić information content (AvgIpc) is 3.23. The van der Waals surface area contributed by atoms with Gasteiger partial charge < -0.3 is 19.2 Å². The molecule has 2 heterocycles. The minimum Gasteiger partial charge on any atom is -0.593 e. The molecule has 6 nitrogen and oxygen atoms in total. The molecule has 2 aliphatic rings. The highest BCUT2D eigenvalue weighted by Gasteiger charge is 2.28. The van der Waals surface area contributed by atoms with Gasteiger partial charge in [0.1, 0.15) is 5.15 Å². The summed E-state index contributed by atoms with van der Waals surface area (Å²) >= 11 is 5.66. The SMILES string of the molecule is CC(C)(C)N[S+]([O-])c1ccc(-c2cc(C(=O)NC3CCOCC3)c(Cl)n2CC2CCCCC2)c2ccccc12. The lowest BCUT2D eigenvalue weighted by molar-refractivity contribution is 0.0696. The van der Waals surface area contributed by atoms with Gasteiger partial charge >= 0.3 is 0 Å². The van der Waals surface area contributed by atoms with Gasteiger partial charge in [0, 0.05) is 36.8 Å². The van der Waals surface area contributed by atoms with Crippen LogP contribution in [0.15, 0.2) is 47.4 Å². The van der Waals surface area contributed by atoms with Crippen molar-refractivity contribution in [1.29, 1.82) is 0 Å². The molecule has 1 amide bonds. The Labute approximate surface area is 240 Å². The fraction of sp³-hybridized carbons (Fsp3) is 0.516. The predicted molar refractivity (Wildman–Crippen MR) is 160 cm³/mol. The van der Waals surface area contributed by atoms with E-state index in [4.69, 9.17) is 16.3 Å². The number of fused-ring (bicyclic) bond motifs is 1. The maximum atomic E-state index is 13.5. The van der Waals surface area contributed by atoms with Gasteiger partial charge in [0.05, 0.1) is 28.2 Å². The molecule has 2 N–H and O–H groups in total. The number of halogens is 1. The van der Waals surface area contributed by atoms with E-state index in [0.29, 0.717) is 29.8 Å². The van der Waals surface area contributed by atoms with E-state index in [1.165, 1.54) is 32.1 Å². The van der Waals surface area contributed by atoms with Crippen LogP contribution in [-0.4, -0.2) is 39.8 Å². The molecule has 1 unspecified atom stereocenters. The summed E-state index contributed by atoms with van der Waals surface area (Å²) < 4.78 is 24.1. The first kappa shape index (κ1) is 28.5. The summed E-state index contributed by atoms with van der Waals surface area (Å²) in [5.41, 5.74) is 2.14. The third-order valence-electron chi connectivity index (χ3n) is 7.76. The van der Waals surface area contributed by atoms with Crippen molar-refractivity contribution in [3.63, 3.8) is 0 Å². The van der Waals surface area contributed by atoms with Crippen molar-refractivity contribution in [3.05, 3.63) is 53.2 Å². The van der Waals surface area contributed by atoms with E-state index in [2.05, 4.69) is 20.7 Å². The van der Waals surface area contributed by atoms with Crippen molar-refractivity contribution in [1.82, 2.24) is 14.6 Å². The summed E-state index contributed by atoms with van der Waals surface area (Å²) in [6, 6.07) is 14.1. The third kappa shape index (κ3) is 6.66. The summed E-state index contributed by atoms with van der Waals surface area (Å²) in [7, 11) is 0. The summed E-state index contributed by atoms with van der Waals surface area (Å²) in [4.78, 5) is 14.2. The van der Waals surface area contributed by atoms with Gasteiger partial charge in [0.2, 0.25) is 0 Å². The van der Waals surface area contributed by atoms with Crippen molar-refractivity contribution >= 4 is 39.6 Å².